The summed E-state index contributed by atoms with van der Waals surface area (Å²) in [6.07, 6.45) is 7.91. The van der Waals surface area contributed by atoms with E-state index >= 15 is 0 Å². The fraction of sp³-hybridized carbons (Fsp3) is 0.889. The van der Waals surface area contributed by atoms with Crippen LogP contribution in [0.25, 0.3) is 0 Å². The number of carbonyl (C=O) groups is 2. The molecule has 0 aromatic heterocycles. The molecule has 23 heavy (non-hydrogen) atoms. The summed E-state index contributed by atoms with van der Waals surface area (Å²) in [5.41, 5.74) is -0.163. The fourth-order valence-electron chi connectivity index (χ4n) is 5.35. The van der Waals surface area contributed by atoms with Gasteiger partial charge in [-0.25, -0.2) is 0 Å². The first-order valence-electron chi connectivity index (χ1n) is 9.24. The molecule has 0 saturated heterocycles. The van der Waals surface area contributed by atoms with Gasteiger partial charge in [0, 0.05) is 25.2 Å². The first kappa shape index (κ1) is 16.7. The maximum Gasteiger partial charge on any atom is 0.239 e. The lowest BCUT2D eigenvalue weighted by atomic mass is 9.49. The Bertz CT molecular complexity index is 414. The van der Waals surface area contributed by atoms with Crippen molar-refractivity contribution in [2.75, 3.05) is 26.3 Å². The van der Waals surface area contributed by atoms with E-state index in [-0.39, 0.29) is 23.8 Å². The molecule has 0 radical (unpaired) electrons. The van der Waals surface area contributed by atoms with Crippen molar-refractivity contribution in [1.82, 2.24) is 10.6 Å². The van der Waals surface area contributed by atoms with Crippen molar-refractivity contribution in [3.8, 4) is 0 Å². The van der Waals surface area contributed by atoms with Gasteiger partial charge in [-0.05, 0) is 69.6 Å². The highest BCUT2D eigenvalue weighted by Gasteiger charge is 2.54. The highest BCUT2D eigenvalue weighted by molar-refractivity contribution is 5.88. The molecule has 2 amide bonds. The summed E-state index contributed by atoms with van der Waals surface area (Å²) < 4.78 is 5.23. The molecule has 4 fully saturated rings. The molecular formula is C18H30N2O3. The first-order chi connectivity index (χ1) is 11.1. The third kappa shape index (κ3) is 3.87. The molecule has 130 valence electrons. The Balaban J connectivity index is 1.40. The topological polar surface area (TPSA) is 67.4 Å². The van der Waals surface area contributed by atoms with Crippen molar-refractivity contribution in [2.24, 2.45) is 23.2 Å². The molecule has 0 atom stereocenters. The number of amides is 2. The summed E-state index contributed by atoms with van der Waals surface area (Å²) >= 11 is 0. The molecule has 0 aliphatic heterocycles. The summed E-state index contributed by atoms with van der Waals surface area (Å²) in [4.78, 5) is 24.5. The largest absolute Gasteiger partial charge is 0.382 e. The van der Waals surface area contributed by atoms with Gasteiger partial charge in [0.1, 0.15) is 0 Å². The van der Waals surface area contributed by atoms with Crippen LogP contribution in [0.2, 0.25) is 0 Å². The molecule has 0 aromatic rings. The van der Waals surface area contributed by atoms with E-state index in [1.165, 1.54) is 19.3 Å². The molecule has 5 nitrogen and oxygen atoms in total. The van der Waals surface area contributed by atoms with E-state index in [0.717, 1.165) is 43.4 Å². The fourth-order valence-corrected chi connectivity index (χ4v) is 5.35. The molecule has 2 N–H and O–H groups in total. The third-order valence-electron chi connectivity index (χ3n) is 5.92. The van der Waals surface area contributed by atoms with Crippen LogP contribution < -0.4 is 10.6 Å². The molecule has 0 spiro atoms. The number of ether oxygens (including phenoxy) is 1. The van der Waals surface area contributed by atoms with Gasteiger partial charge in [-0.15, -0.1) is 0 Å². The Labute approximate surface area is 138 Å². The predicted octanol–water partition coefficient (Wildman–Crippen LogP) is 1.86. The minimum Gasteiger partial charge on any atom is -0.382 e. The van der Waals surface area contributed by atoms with E-state index in [2.05, 4.69) is 10.6 Å². The van der Waals surface area contributed by atoms with Gasteiger partial charge < -0.3 is 15.4 Å². The van der Waals surface area contributed by atoms with E-state index in [9.17, 15) is 9.59 Å². The van der Waals surface area contributed by atoms with Crippen LogP contribution in [0.15, 0.2) is 0 Å². The van der Waals surface area contributed by atoms with Gasteiger partial charge in [-0.1, -0.05) is 0 Å². The minimum absolute atomic E-state index is 0.0976. The molecule has 0 unspecified atom stereocenters. The van der Waals surface area contributed by atoms with Crippen LogP contribution in [-0.4, -0.2) is 38.1 Å². The van der Waals surface area contributed by atoms with Crippen LogP contribution in [0.3, 0.4) is 0 Å². The monoisotopic (exact) mass is 322 g/mol. The zero-order valence-electron chi connectivity index (χ0n) is 14.2. The zero-order chi connectivity index (χ0) is 16.3. The third-order valence-corrected chi connectivity index (χ3v) is 5.92. The Morgan fingerprint density at radius 3 is 2.22 bits per heavy atom. The number of hydrogen-bond donors (Lipinski definition) is 2. The van der Waals surface area contributed by atoms with Gasteiger partial charge >= 0.3 is 0 Å². The van der Waals surface area contributed by atoms with Crippen LogP contribution in [0.1, 0.15) is 51.9 Å². The van der Waals surface area contributed by atoms with Gasteiger partial charge in [0.15, 0.2) is 0 Å². The van der Waals surface area contributed by atoms with Gasteiger partial charge in [-0.2, -0.15) is 0 Å². The Morgan fingerprint density at radius 1 is 1.04 bits per heavy atom. The second-order valence-electron chi connectivity index (χ2n) is 7.78. The van der Waals surface area contributed by atoms with Crippen molar-refractivity contribution < 1.29 is 14.3 Å². The van der Waals surface area contributed by atoms with Crippen molar-refractivity contribution in [2.45, 2.75) is 51.9 Å². The summed E-state index contributed by atoms with van der Waals surface area (Å²) in [5.74, 6) is 2.28. The smallest absolute Gasteiger partial charge is 0.239 e. The van der Waals surface area contributed by atoms with Crippen LogP contribution in [-0.2, 0) is 14.3 Å². The molecule has 0 heterocycles. The lowest BCUT2D eigenvalue weighted by Gasteiger charge is -2.55. The van der Waals surface area contributed by atoms with Crippen molar-refractivity contribution in [1.29, 1.82) is 0 Å². The Morgan fingerprint density at radius 2 is 1.65 bits per heavy atom. The second-order valence-corrected chi connectivity index (χ2v) is 7.78. The van der Waals surface area contributed by atoms with Crippen LogP contribution in [0.4, 0.5) is 0 Å². The molecule has 4 bridgehead atoms. The lowest BCUT2D eigenvalue weighted by Crippen LogP contribution is -2.54. The van der Waals surface area contributed by atoms with E-state index < -0.39 is 0 Å². The van der Waals surface area contributed by atoms with Crippen molar-refractivity contribution in [3.63, 3.8) is 0 Å². The standard InChI is InChI=1S/C18H30N2O3/c1-2-23-5-3-4-19-16(21)12-20-17(22)18-9-13-6-14(10-18)8-15(7-13)11-18/h13-15H,2-12H2,1H3,(H,19,21)(H,20,22). The van der Waals surface area contributed by atoms with Gasteiger partial charge in [0.25, 0.3) is 0 Å². The number of hydrogen-bond acceptors (Lipinski definition) is 3. The van der Waals surface area contributed by atoms with E-state index in [0.29, 0.717) is 19.8 Å². The Hall–Kier alpha value is -1.10. The first-order valence-corrected chi connectivity index (χ1v) is 9.24. The summed E-state index contributed by atoms with van der Waals surface area (Å²) in [6, 6.07) is 0. The average molecular weight is 322 g/mol. The minimum atomic E-state index is -0.163. The quantitative estimate of drug-likeness (QED) is 0.670. The molecular weight excluding hydrogens is 292 g/mol. The number of rotatable bonds is 8. The van der Waals surface area contributed by atoms with Crippen molar-refractivity contribution in [3.05, 3.63) is 0 Å². The van der Waals surface area contributed by atoms with Gasteiger partial charge in [0.2, 0.25) is 11.8 Å². The molecule has 5 heteroatoms. The van der Waals surface area contributed by atoms with Crippen molar-refractivity contribution >= 4 is 11.8 Å². The van der Waals surface area contributed by atoms with Gasteiger partial charge in [-0.3, -0.25) is 9.59 Å². The molecule has 4 aliphatic carbocycles. The van der Waals surface area contributed by atoms with E-state index in [1.807, 2.05) is 6.92 Å². The van der Waals surface area contributed by atoms with Gasteiger partial charge in [0.05, 0.1) is 6.54 Å². The van der Waals surface area contributed by atoms with E-state index in [1.54, 1.807) is 0 Å². The molecule has 4 rings (SSSR count). The SMILES string of the molecule is CCOCCCNC(=O)CNC(=O)C12CC3CC(CC(C3)C1)C2. The highest BCUT2D eigenvalue weighted by atomic mass is 16.5. The molecule has 0 aromatic carbocycles. The number of nitrogens with one attached hydrogen (secondary N) is 2. The normalized spacial score (nSPS) is 34.4. The predicted molar refractivity (Wildman–Crippen MR) is 87.7 cm³/mol. The van der Waals surface area contributed by atoms with Crippen LogP contribution in [0.5, 0.6) is 0 Å². The van der Waals surface area contributed by atoms with Crippen LogP contribution in [0, 0.1) is 23.2 Å². The zero-order valence-corrected chi connectivity index (χ0v) is 14.2. The lowest BCUT2D eigenvalue weighted by molar-refractivity contribution is -0.147. The summed E-state index contributed by atoms with van der Waals surface area (Å²) in [5, 5.41) is 5.75. The maximum atomic E-state index is 12.7. The highest BCUT2D eigenvalue weighted by Crippen LogP contribution is 2.60. The Kier molecular flexibility index (Phi) is 5.24. The summed E-state index contributed by atoms with van der Waals surface area (Å²) in [6.45, 7) is 4.03. The molecule has 4 saturated carbocycles. The van der Waals surface area contributed by atoms with E-state index in [4.69, 9.17) is 4.74 Å². The number of carbonyl (C=O) groups excluding carboxylic acids is 2. The maximum absolute atomic E-state index is 12.7. The summed E-state index contributed by atoms with van der Waals surface area (Å²) in [7, 11) is 0. The average Bonchev–Trinajstić information content (AvgIpc) is 2.51. The second kappa shape index (κ2) is 7.20. The van der Waals surface area contributed by atoms with Crippen LogP contribution >= 0.6 is 0 Å². The molecule has 4 aliphatic rings.